The van der Waals surface area contributed by atoms with Crippen molar-refractivity contribution in [1.29, 1.82) is 0 Å². The minimum atomic E-state index is -2.32. The van der Waals surface area contributed by atoms with Gasteiger partial charge in [0.05, 0.1) is 27.8 Å². The van der Waals surface area contributed by atoms with Crippen molar-refractivity contribution in [2.24, 2.45) is 0 Å². The van der Waals surface area contributed by atoms with Crippen LogP contribution in [-0.2, 0) is 0 Å². The van der Waals surface area contributed by atoms with Crippen molar-refractivity contribution >= 4 is 107 Å². The lowest BCUT2D eigenvalue weighted by Gasteiger charge is -2.36. The van der Waals surface area contributed by atoms with Gasteiger partial charge in [0.2, 0.25) is 0 Å². The number of benzene rings is 11. The monoisotopic (exact) mass is 924 g/mol. The molecule has 0 atom stereocenters. The van der Waals surface area contributed by atoms with Crippen LogP contribution in [-0.4, -0.2) is 17.2 Å². The largest absolute Gasteiger partial charge is 0.310 e. The number of fused-ring (bicyclic) bond motifs is 8. The molecule has 0 bridgehead atoms. The Labute approximate surface area is 414 Å². The SMILES string of the molecule is C[Si]1(C)c2cc(N(c3ccccc3)c3ccc4c(c3)c3ccccc3n4-c3ccccc3)ccc2-c2ccc(N(c3ccccc3)c3ccc4c(c3)c3ccccc3n4-c3ccccc3)c3cccc1c23. The Balaban J connectivity index is 0.926. The van der Waals surface area contributed by atoms with Crippen molar-refractivity contribution in [3.05, 3.63) is 255 Å². The average molecular weight is 925 g/mol. The molecule has 2 aromatic heterocycles. The van der Waals surface area contributed by atoms with Crippen LogP contribution in [0.1, 0.15) is 0 Å². The summed E-state index contributed by atoms with van der Waals surface area (Å²) < 4.78 is 4.78. The molecule has 0 fully saturated rings. The predicted octanol–water partition coefficient (Wildman–Crippen LogP) is 16.8. The van der Waals surface area contributed by atoms with Crippen LogP contribution in [0.5, 0.6) is 0 Å². The molecule has 0 unspecified atom stereocenters. The van der Waals surface area contributed by atoms with E-state index in [2.05, 4.69) is 287 Å². The summed E-state index contributed by atoms with van der Waals surface area (Å²) in [6.45, 7) is 5.09. The molecule has 5 heteroatoms. The molecule has 0 saturated heterocycles. The summed E-state index contributed by atoms with van der Waals surface area (Å²) in [7, 11) is -2.32. The second-order valence-electron chi connectivity index (χ2n) is 19.3. The van der Waals surface area contributed by atoms with E-state index in [0.717, 1.165) is 39.8 Å². The molecule has 1 aliphatic heterocycles. The van der Waals surface area contributed by atoms with Crippen LogP contribution in [0.15, 0.2) is 255 Å². The van der Waals surface area contributed by atoms with Crippen molar-refractivity contribution in [2.45, 2.75) is 13.1 Å². The molecule has 0 spiro atoms. The Morgan fingerprint density at radius 1 is 0.296 bits per heavy atom. The van der Waals surface area contributed by atoms with Gasteiger partial charge in [-0.05, 0) is 142 Å². The molecule has 13 aromatic rings. The van der Waals surface area contributed by atoms with Crippen LogP contribution < -0.4 is 20.2 Å². The predicted molar refractivity (Wildman–Crippen MR) is 304 cm³/mol. The van der Waals surface area contributed by atoms with E-state index in [-0.39, 0.29) is 0 Å². The van der Waals surface area contributed by atoms with Gasteiger partial charge < -0.3 is 18.9 Å². The van der Waals surface area contributed by atoms with Gasteiger partial charge in [0, 0.05) is 66.7 Å². The first-order valence-electron chi connectivity index (χ1n) is 24.6. The molecule has 0 amide bonds. The Kier molecular flexibility index (Phi) is 9.32. The topological polar surface area (TPSA) is 16.3 Å². The second-order valence-corrected chi connectivity index (χ2v) is 23.7. The number of para-hydroxylation sites is 6. The molecule has 0 radical (unpaired) electrons. The van der Waals surface area contributed by atoms with Crippen molar-refractivity contribution in [3.63, 3.8) is 0 Å². The van der Waals surface area contributed by atoms with Gasteiger partial charge in [0.25, 0.3) is 0 Å². The summed E-state index contributed by atoms with van der Waals surface area (Å²) in [5, 5.41) is 10.5. The zero-order chi connectivity index (χ0) is 47.2. The fourth-order valence-corrected chi connectivity index (χ4v) is 14.9. The maximum absolute atomic E-state index is 2.54. The third-order valence-corrected chi connectivity index (χ3v) is 18.6. The molecular weight excluding hydrogens is 877 g/mol. The Morgan fingerprint density at radius 3 is 1.31 bits per heavy atom. The van der Waals surface area contributed by atoms with Crippen molar-refractivity contribution < 1.29 is 0 Å². The highest BCUT2D eigenvalue weighted by atomic mass is 28.3. The maximum atomic E-state index is 2.54. The Morgan fingerprint density at radius 2 is 0.732 bits per heavy atom. The highest BCUT2D eigenvalue weighted by Crippen LogP contribution is 2.46. The van der Waals surface area contributed by atoms with Crippen LogP contribution in [0.2, 0.25) is 13.1 Å². The van der Waals surface area contributed by atoms with Gasteiger partial charge in [0.15, 0.2) is 0 Å². The molecule has 0 N–H and O–H groups in total. The van der Waals surface area contributed by atoms with Gasteiger partial charge in [-0.15, -0.1) is 0 Å². The molecule has 4 nitrogen and oxygen atoms in total. The van der Waals surface area contributed by atoms with E-state index in [9.17, 15) is 0 Å². The molecule has 14 rings (SSSR count). The smallest absolute Gasteiger partial charge is 0.113 e. The molecule has 0 aliphatic carbocycles. The Hall–Kier alpha value is -8.90. The summed E-state index contributed by atoms with van der Waals surface area (Å²) >= 11 is 0. The van der Waals surface area contributed by atoms with E-state index in [1.54, 1.807) is 0 Å². The van der Waals surface area contributed by atoms with Crippen molar-refractivity contribution in [2.75, 3.05) is 9.80 Å². The van der Waals surface area contributed by atoms with Crippen LogP contribution in [0, 0.1) is 0 Å². The van der Waals surface area contributed by atoms with Gasteiger partial charge in [-0.3, -0.25) is 0 Å². The number of aromatic nitrogens is 2. The lowest BCUT2D eigenvalue weighted by Crippen LogP contribution is -2.56. The first-order valence-corrected chi connectivity index (χ1v) is 27.6. The van der Waals surface area contributed by atoms with Gasteiger partial charge >= 0.3 is 0 Å². The molecule has 71 heavy (non-hydrogen) atoms. The van der Waals surface area contributed by atoms with E-state index in [1.807, 2.05) is 0 Å². The molecule has 11 aromatic carbocycles. The zero-order valence-corrected chi connectivity index (χ0v) is 40.5. The summed E-state index contributed by atoms with van der Waals surface area (Å²) in [6.07, 6.45) is 0. The van der Waals surface area contributed by atoms with Crippen LogP contribution in [0.4, 0.5) is 34.1 Å². The first-order chi connectivity index (χ1) is 35.0. The minimum absolute atomic E-state index is 1.13. The van der Waals surface area contributed by atoms with Crippen molar-refractivity contribution in [3.8, 4) is 22.5 Å². The van der Waals surface area contributed by atoms with E-state index in [4.69, 9.17) is 0 Å². The zero-order valence-electron chi connectivity index (χ0n) is 39.5. The lowest BCUT2D eigenvalue weighted by molar-refractivity contribution is 1.18. The maximum Gasteiger partial charge on any atom is 0.113 e. The quantitative estimate of drug-likeness (QED) is 0.141. The van der Waals surface area contributed by atoms with E-state index >= 15 is 0 Å². The molecular formula is C66H48N4Si. The van der Waals surface area contributed by atoms with E-state index in [1.165, 1.54) is 81.6 Å². The van der Waals surface area contributed by atoms with E-state index in [0.29, 0.717) is 0 Å². The highest BCUT2D eigenvalue weighted by molar-refractivity contribution is 7.03. The van der Waals surface area contributed by atoms with Gasteiger partial charge in [-0.2, -0.15) is 0 Å². The number of hydrogen-bond donors (Lipinski definition) is 0. The van der Waals surface area contributed by atoms with Crippen LogP contribution in [0.3, 0.4) is 0 Å². The van der Waals surface area contributed by atoms with Gasteiger partial charge in [-0.25, -0.2) is 0 Å². The van der Waals surface area contributed by atoms with Crippen molar-refractivity contribution in [1.82, 2.24) is 9.13 Å². The fraction of sp³-hybridized carbons (Fsp3) is 0.0303. The summed E-state index contributed by atoms with van der Waals surface area (Å²) in [6, 6.07) is 93.8. The highest BCUT2D eigenvalue weighted by Gasteiger charge is 2.37. The minimum Gasteiger partial charge on any atom is -0.310 e. The second kappa shape index (κ2) is 16.1. The molecule has 3 heterocycles. The summed E-state index contributed by atoms with van der Waals surface area (Å²) in [5.74, 6) is 0. The van der Waals surface area contributed by atoms with E-state index < -0.39 is 8.07 Å². The third kappa shape index (κ3) is 6.36. The molecule has 336 valence electrons. The average Bonchev–Trinajstić information content (AvgIpc) is 3.94. The number of nitrogens with zero attached hydrogens (tertiary/aromatic N) is 4. The lowest BCUT2D eigenvalue weighted by atomic mass is 9.95. The van der Waals surface area contributed by atoms with Gasteiger partial charge in [0.1, 0.15) is 8.07 Å². The molecule has 0 saturated carbocycles. The first kappa shape index (κ1) is 41.1. The molecule has 1 aliphatic rings. The number of anilines is 6. The normalized spacial score (nSPS) is 12.8. The fourth-order valence-electron chi connectivity index (χ4n) is 11.8. The number of rotatable bonds is 8. The van der Waals surface area contributed by atoms with Crippen LogP contribution >= 0.6 is 0 Å². The summed E-state index contributed by atoms with van der Waals surface area (Å²) in [4.78, 5) is 4.92. The Bertz CT molecular complexity index is 4200. The number of hydrogen-bond acceptors (Lipinski definition) is 2. The summed E-state index contributed by atoms with van der Waals surface area (Å²) in [5.41, 5.74) is 16.6. The van der Waals surface area contributed by atoms with Crippen LogP contribution in [0.25, 0.3) is 76.9 Å². The standard InChI is InChI=1S/C66H48N4Si/c1-71(2)64-33-19-30-56-61(68(46-22-9-4-10-23-46)50-36-40-63-58(43-50)53-29-16-18-32-60(53)70(63)48-26-13-6-14-27-48)41-38-55(66(56)64)54-37-34-51(44-65(54)71)67(45-20-7-3-8-21-45)49-35-39-62-57(42-49)52-28-15-17-31-59(52)69(62)47-24-11-5-12-25-47/h3-44H,1-2H3. The van der Waals surface area contributed by atoms with Gasteiger partial charge in [-0.1, -0.05) is 153 Å². The third-order valence-electron chi connectivity index (χ3n) is 15.0.